The zero-order chi connectivity index (χ0) is 17.3. The fraction of sp³-hybridized carbons (Fsp3) is 0.421. The van der Waals surface area contributed by atoms with Crippen LogP contribution in [0.1, 0.15) is 29.3 Å². The first-order chi connectivity index (χ1) is 12.0. The zero-order valence-corrected chi connectivity index (χ0v) is 15.1. The van der Waals surface area contributed by atoms with Crippen LogP contribution < -0.4 is 0 Å². The minimum Gasteiger partial charge on any atom is -0.373 e. The molecule has 3 aliphatic rings. The van der Waals surface area contributed by atoms with Crippen molar-refractivity contribution in [3.63, 3.8) is 0 Å². The van der Waals surface area contributed by atoms with E-state index >= 15 is 0 Å². The Kier molecular flexibility index (Phi) is 3.43. The monoisotopic (exact) mass is 373 g/mol. The Morgan fingerprint density at radius 3 is 2.28 bits per heavy atom. The lowest BCUT2D eigenvalue weighted by Gasteiger charge is -2.16. The van der Waals surface area contributed by atoms with E-state index in [1.54, 1.807) is 0 Å². The lowest BCUT2D eigenvalue weighted by atomic mass is 9.81. The van der Waals surface area contributed by atoms with E-state index in [1.807, 2.05) is 31.2 Å². The largest absolute Gasteiger partial charge is 0.373 e. The van der Waals surface area contributed by atoms with Crippen molar-refractivity contribution >= 4 is 34.5 Å². The van der Waals surface area contributed by atoms with Crippen molar-refractivity contribution in [2.45, 2.75) is 37.9 Å². The third-order valence-electron chi connectivity index (χ3n) is 5.69. The summed E-state index contributed by atoms with van der Waals surface area (Å²) in [4.78, 5) is 31.4. The van der Waals surface area contributed by atoms with Crippen molar-refractivity contribution < 1.29 is 14.3 Å². The first-order valence-electron chi connectivity index (χ1n) is 8.51. The van der Waals surface area contributed by atoms with Gasteiger partial charge in [0.2, 0.25) is 0 Å². The molecule has 1 aliphatic carbocycles. The first kappa shape index (κ1) is 15.7. The number of fused-ring (bicyclic) bond motifs is 5. The van der Waals surface area contributed by atoms with Gasteiger partial charge in [-0.05, 0) is 31.9 Å². The van der Waals surface area contributed by atoms with Crippen LogP contribution in [0.2, 0.25) is 5.02 Å². The molecule has 1 aromatic heterocycles. The Labute approximate surface area is 154 Å². The Balaban J connectivity index is 1.53. The van der Waals surface area contributed by atoms with Crippen LogP contribution in [0.4, 0.5) is 0 Å². The van der Waals surface area contributed by atoms with Crippen LogP contribution >= 0.6 is 22.9 Å². The molecular formula is C19H16ClNO3S. The molecule has 2 aromatic rings. The highest BCUT2D eigenvalue weighted by Gasteiger charge is 2.63. The minimum absolute atomic E-state index is 0.0385. The lowest BCUT2D eigenvalue weighted by molar-refractivity contribution is -0.127. The summed E-state index contributed by atoms with van der Waals surface area (Å²) in [5.74, 6) is -1.05. The van der Waals surface area contributed by atoms with E-state index in [4.69, 9.17) is 16.3 Å². The van der Waals surface area contributed by atoms with Gasteiger partial charge in [0.25, 0.3) is 0 Å². The van der Waals surface area contributed by atoms with Gasteiger partial charge in [0, 0.05) is 15.5 Å². The molecule has 0 N–H and O–H groups in total. The molecule has 0 spiro atoms. The number of ether oxygens (including phenoxy) is 1. The van der Waals surface area contributed by atoms with Crippen molar-refractivity contribution in [1.82, 2.24) is 4.98 Å². The van der Waals surface area contributed by atoms with Crippen LogP contribution in [0.25, 0.3) is 10.6 Å². The Morgan fingerprint density at radius 1 is 1.08 bits per heavy atom. The average Bonchev–Trinajstić information content (AvgIpc) is 3.33. The molecule has 5 atom stereocenters. The van der Waals surface area contributed by atoms with E-state index in [1.165, 1.54) is 11.3 Å². The van der Waals surface area contributed by atoms with Crippen LogP contribution in [0, 0.1) is 18.8 Å². The quantitative estimate of drug-likeness (QED) is 0.751. The van der Waals surface area contributed by atoms with Gasteiger partial charge in [-0.2, -0.15) is 0 Å². The van der Waals surface area contributed by atoms with Gasteiger partial charge in [0.15, 0.2) is 11.6 Å². The number of nitrogens with zero attached hydrogens (tertiary/aromatic N) is 1. The summed E-state index contributed by atoms with van der Waals surface area (Å²) in [6.07, 6.45) is 1.69. The molecule has 0 radical (unpaired) electrons. The summed E-state index contributed by atoms with van der Waals surface area (Å²) in [6.45, 7) is 1.88. The number of aryl methyl sites for hydroxylation is 1. The topological polar surface area (TPSA) is 56.3 Å². The molecule has 3 heterocycles. The van der Waals surface area contributed by atoms with E-state index in [9.17, 15) is 9.59 Å². The molecule has 6 heteroatoms. The molecule has 5 rings (SSSR count). The van der Waals surface area contributed by atoms with Gasteiger partial charge in [-0.3, -0.25) is 9.59 Å². The van der Waals surface area contributed by atoms with Crippen LogP contribution in [0.3, 0.4) is 0 Å². The van der Waals surface area contributed by atoms with Crippen molar-refractivity contribution in [3.8, 4) is 10.6 Å². The van der Waals surface area contributed by atoms with Gasteiger partial charge >= 0.3 is 0 Å². The molecule has 1 aromatic carbocycles. The van der Waals surface area contributed by atoms with E-state index in [2.05, 4.69) is 4.98 Å². The predicted molar refractivity (Wildman–Crippen MR) is 94.9 cm³/mol. The van der Waals surface area contributed by atoms with Gasteiger partial charge in [-0.1, -0.05) is 23.7 Å². The fourth-order valence-corrected chi connectivity index (χ4v) is 5.89. The number of rotatable bonds is 2. The molecule has 1 unspecified atom stereocenters. The number of carbonyl (C=O) groups is 2. The maximum absolute atomic E-state index is 13.0. The standard InChI is InChI=1S/C19H16ClNO3S/c1-8-18(25-19(21-8)9-2-4-10(20)5-3-9)15-16(22)13-11-6-7-12(24-11)14(13)17(15)23/h2-5,11-15H,6-7H2,1H3/t11-,12+,13-,14+,15?. The second-order valence-electron chi connectivity index (χ2n) is 7.06. The molecule has 3 fully saturated rings. The Hall–Kier alpha value is -1.56. The molecular weight excluding hydrogens is 358 g/mol. The molecule has 128 valence electrons. The van der Waals surface area contributed by atoms with Crippen molar-refractivity contribution in [1.29, 1.82) is 0 Å². The van der Waals surface area contributed by atoms with Crippen molar-refractivity contribution in [2.75, 3.05) is 0 Å². The Bertz CT molecular complexity index is 863. The SMILES string of the molecule is Cc1nc(-c2ccc(Cl)cc2)sc1C1C(=O)[C@@H]2[C@H](C1=O)[C@H]1CC[C@@H]2O1. The van der Waals surface area contributed by atoms with Crippen LogP contribution in [0.15, 0.2) is 24.3 Å². The number of hydrogen-bond donors (Lipinski definition) is 0. The maximum atomic E-state index is 13.0. The van der Waals surface area contributed by atoms with E-state index in [0.717, 1.165) is 34.0 Å². The average molecular weight is 374 g/mol. The van der Waals surface area contributed by atoms with Crippen molar-refractivity contribution in [2.24, 2.45) is 11.8 Å². The zero-order valence-electron chi connectivity index (χ0n) is 13.6. The molecule has 2 aliphatic heterocycles. The number of Topliss-reactive ketones (excluding diaryl/α,β-unsaturated/α-hetero) is 2. The Morgan fingerprint density at radius 2 is 1.68 bits per heavy atom. The highest BCUT2D eigenvalue weighted by molar-refractivity contribution is 7.15. The van der Waals surface area contributed by atoms with Crippen LogP contribution in [-0.2, 0) is 14.3 Å². The van der Waals surface area contributed by atoms with Gasteiger partial charge < -0.3 is 4.74 Å². The third-order valence-corrected chi connectivity index (χ3v) is 7.21. The first-order valence-corrected chi connectivity index (χ1v) is 9.70. The summed E-state index contributed by atoms with van der Waals surface area (Å²) in [6, 6.07) is 7.45. The molecule has 4 nitrogen and oxygen atoms in total. The van der Waals surface area contributed by atoms with Gasteiger partial charge in [-0.25, -0.2) is 4.98 Å². The number of ketones is 2. The molecule has 2 saturated heterocycles. The van der Waals surface area contributed by atoms with E-state index in [0.29, 0.717) is 5.02 Å². The second-order valence-corrected chi connectivity index (χ2v) is 8.52. The van der Waals surface area contributed by atoms with Crippen LogP contribution in [0.5, 0.6) is 0 Å². The fourth-order valence-electron chi connectivity index (χ4n) is 4.58. The summed E-state index contributed by atoms with van der Waals surface area (Å²) < 4.78 is 5.81. The van der Waals surface area contributed by atoms with E-state index < -0.39 is 5.92 Å². The highest BCUT2D eigenvalue weighted by atomic mass is 35.5. The number of benzene rings is 1. The number of carbonyl (C=O) groups excluding carboxylic acids is 2. The summed E-state index contributed by atoms with van der Waals surface area (Å²) >= 11 is 7.40. The third kappa shape index (κ3) is 2.19. The molecule has 1 saturated carbocycles. The number of thiazole rings is 1. The van der Waals surface area contributed by atoms with Crippen LogP contribution in [-0.4, -0.2) is 28.8 Å². The normalized spacial score (nSPS) is 33.3. The smallest absolute Gasteiger partial charge is 0.155 e. The van der Waals surface area contributed by atoms with Gasteiger partial charge in [-0.15, -0.1) is 11.3 Å². The number of halogens is 1. The van der Waals surface area contributed by atoms with E-state index in [-0.39, 0.29) is 35.6 Å². The number of aromatic nitrogens is 1. The van der Waals surface area contributed by atoms with Gasteiger partial charge in [0.1, 0.15) is 10.9 Å². The molecule has 2 bridgehead atoms. The highest BCUT2D eigenvalue weighted by Crippen LogP contribution is 2.53. The van der Waals surface area contributed by atoms with Crippen molar-refractivity contribution in [3.05, 3.63) is 39.9 Å². The maximum Gasteiger partial charge on any atom is 0.155 e. The molecule has 0 amide bonds. The minimum atomic E-state index is -0.652. The molecule has 25 heavy (non-hydrogen) atoms. The van der Waals surface area contributed by atoms with Gasteiger partial charge in [0.05, 0.1) is 29.7 Å². The lowest BCUT2D eigenvalue weighted by Crippen LogP contribution is -2.29. The second kappa shape index (κ2) is 5.47. The predicted octanol–water partition coefficient (Wildman–Crippen LogP) is 3.80. The summed E-state index contributed by atoms with van der Waals surface area (Å²) in [5.41, 5.74) is 1.72. The number of hydrogen-bond acceptors (Lipinski definition) is 5. The summed E-state index contributed by atoms with van der Waals surface area (Å²) in [5, 5.41) is 1.49. The summed E-state index contributed by atoms with van der Waals surface area (Å²) in [7, 11) is 0.